The topological polar surface area (TPSA) is 57.1 Å². The molecule has 5 heteroatoms. The third-order valence-electron chi connectivity index (χ3n) is 3.91. The molecule has 0 fully saturated rings. The lowest BCUT2D eigenvalue weighted by Crippen LogP contribution is -2.08. The average Bonchev–Trinajstić information content (AvgIpc) is 3.02. The number of methoxy groups -OCH3 is 1. The van der Waals surface area contributed by atoms with Gasteiger partial charge in [-0.25, -0.2) is 9.79 Å². The highest BCUT2D eigenvalue weighted by molar-refractivity contribution is 6.11. The van der Waals surface area contributed by atoms with Gasteiger partial charge in [-0.3, -0.25) is 0 Å². The number of cyclic esters (lactones) is 1. The zero-order valence-electron chi connectivity index (χ0n) is 13.6. The van der Waals surface area contributed by atoms with Crippen LogP contribution in [0.4, 0.5) is 0 Å². The summed E-state index contributed by atoms with van der Waals surface area (Å²) in [6.45, 7) is 0.387. The van der Waals surface area contributed by atoms with E-state index < -0.39 is 5.97 Å². The molecule has 0 amide bonds. The number of esters is 1. The average molecular weight is 333 g/mol. The van der Waals surface area contributed by atoms with Gasteiger partial charge in [0, 0.05) is 11.1 Å². The summed E-state index contributed by atoms with van der Waals surface area (Å²) >= 11 is 0. The van der Waals surface area contributed by atoms with Crippen molar-refractivity contribution in [3.63, 3.8) is 0 Å². The molecule has 2 aliphatic rings. The van der Waals surface area contributed by atoms with E-state index in [1.54, 1.807) is 19.3 Å². The number of benzene rings is 2. The second-order valence-corrected chi connectivity index (χ2v) is 5.61. The number of fused-ring (bicyclic) bond motifs is 1. The quantitative estimate of drug-likeness (QED) is 0.638. The largest absolute Gasteiger partial charge is 0.497 e. The van der Waals surface area contributed by atoms with Crippen LogP contribution in [-0.4, -0.2) is 25.6 Å². The molecule has 2 aromatic rings. The molecule has 0 unspecified atom stereocenters. The molecule has 0 radical (unpaired) electrons. The molecule has 0 aliphatic carbocycles. The Kier molecular flexibility index (Phi) is 3.82. The number of ether oxygens (including phenoxy) is 3. The van der Waals surface area contributed by atoms with E-state index in [2.05, 4.69) is 4.99 Å². The molecule has 2 aromatic carbocycles. The van der Waals surface area contributed by atoms with E-state index in [4.69, 9.17) is 14.2 Å². The summed E-state index contributed by atoms with van der Waals surface area (Å²) < 4.78 is 16.2. The van der Waals surface area contributed by atoms with Crippen molar-refractivity contribution in [2.24, 2.45) is 4.99 Å². The van der Waals surface area contributed by atoms with Crippen LogP contribution < -0.4 is 9.47 Å². The van der Waals surface area contributed by atoms with Crippen LogP contribution in [0, 0.1) is 0 Å². The van der Waals surface area contributed by atoms with Gasteiger partial charge in [0.1, 0.15) is 18.1 Å². The molecule has 0 atom stereocenters. The molecule has 0 bridgehead atoms. The molecule has 5 nitrogen and oxygen atoms in total. The lowest BCUT2D eigenvalue weighted by atomic mass is 10.1. The molecule has 124 valence electrons. The minimum Gasteiger partial charge on any atom is -0.497 e. The zero-order chi connectivity index (χ0) is 17.2. The summed E-state index contributed by atoms with van der Waals surface area (Å²) in [6.07, 6.45) is 3.68. The monoisotopic (exact) mass is 333 g/mol. The van der Waals surface area contributed by atoms with Crippen LogP contribution in [0.1, 0.15) is 11.1 Å². The second-order valence-electron chi connectivity index (χ2n) is 5.61. The Morgan fingerprint density at radius 3 is 2.92 bits per heavy atom. The number of carbonyl (C=O) groups is 1. The highest BCUT2D eigenvalue weighted by Crippen LogP contribution is 2.28. The van der Waals surface area contributed by atoms with Gasteiger partial charge >= 0.3 is 5.97 Å². The van der Waals surface area contributed by atoms with Gasteiger partial charge in [-0.1, -0.05) is 24.3 Å². The van der Waals surface area contributed by atoms with Crippen molar-refractivity contribution in [1.29, 1.82) is 0 Å². The molecule has 25 heavy (non-hydrogen) atoms. The highest BCUT2D eigenvalue weighted by Gasteiger charge is 2.25. The SMILES string of the molecule is COc1cccc(C2=NC(=CC3=Cc4ccccc4OC3)C(=O)O2)c1. The standard InChI is InChI=1S/C20H15NO4/c1-23-16-7-4-6-15(11-16)19-21-17(20(22)25-19)10-13-9-14-5-2-3-8-18(14)24-12-13/h2-11H,12H2,1H3. The van der Waals surface area contributed by atoms with Gasteiger partial charge in [0.25, 0.3) is 0 Å². The summed E-state index contributed by atoms with van der Waals surface area (Å²) in [5, 5.41) is 0. The number of hydrogen-bond acceptors (Lipinski definition) is 5. The molecule has 4 rings (SSSR count). The molecule has 0 saturated heterocycles. The first kappa shape index (κ1) is 15.2. The molecule has 0 N–H and O–H groups in total. The maximum Gasteiger partial charge on any atom is 0.363 e. The lowest BCUT2D eigenvalue weighted by Gasteiger charge is -2.15. The van der Waals surface area contributed by atoms with Gasteiger partial charge < -0.3 is 14.2 Å². The molecule has 2 heterocycles. The van der Waals surface area contributed by atoms with Crippen LogP contribution in [-0.2, 0) is 9.53 Å². The van der Waals surface area contributed by atoms with Gasteiger partial charge in [-0.2, -0.15) is 0 Å². The molecule has 0 aromatic heterocycles. The van der Waals surface area contributed by atoms with E-state index in [-0.39, 0.29) is 11.6 Å². The van der Waals surface area contributed by atoms with Gasteiger partial charge in [-0.15, -0.1) is 0 Å². The number of hydrogen-bond donors (Lipinski definition) is 0. The van der Waals surface area contributed by atoms with E-state index in [1.165, 1.54) is 0 Å². The van der Waals surface area contributed by atoms with Crippen molar-refractivity contribution in [3.8, 4) is 11.5 Å². The predicted octanol–water partition coefficient (Wildman–Crippen LogP) is 3.36. The second kappa shape index (κ2) is 6.28. The van der Waals surface area contributed by atoms with Crippen LogP contribution in [0.2, 0.25) is 0 Å². The first-order chi connectivity index (χ1) is 12.2. The van der Waals surface area contributed by atoms with Crippen molar-refractivity contribution < 1.29 is 19.0 Å². The van der Waals surface area contributed by atoms with Crippen molar-refractivity contribution in [2.45, 2.75) is 0 Å². The number of nitrogens with zero attached hydrogens (tertiary/aromatic N) is 1. The first-order valence-corrected chi connectivity index (χ1v) is 7.82. The summed E-state index contributed by atoms with van der Waals surface area (Å²) in [5.41, 5.74) is 2.78. The van der Waals surface area contributed by atoms with Crippen molar-refractivity contribution in [3.05, 3.63) is 77.0 Å². The lowest BCUT2D eigenvalue weighted by molar-refractivity contribution is -0.130. The Labute approximate surface area is 144 Å². The van der Waals surface area contributed by atoms with Gasteiger partial charge in [0.2, 0.25) is 5.90 Å². The van der Waals surface area contributed by atoms with Crippen LogP contribution in [0.15, 0.2) is 70.9 Å². The number of aliphatic imine (C=N–C) groups is 1. The van der Waals surface area contributed by atoms with E-state index in [9.17, 15) is 4.79 Å². The Morgan fingerprint density at radius 1 is 1.16 bits per heavy atom. The molecule has 2 aliphatic heterocycles. The highest BCUT2D eigenvalue weighted by atomic mass is 16.6. The van der Waals surface area contributed by atoms with E-state index in [1.807, 2.05) is 48.5 Å². The fourth-order valence-electron chi connectivity index (χ4n) is 2.68. The Hall–Kier alpha value is -3.34. The van der Waals surface area contributed by atoms with Gasteiger partial charge in [-0.05, 0) is 42.0 Å². The molecular weight excluding hydrogens is 318 g/mol. The van der Waals surface area contributed by atoms with Crippen molar-refractivity contribution in [2.75, 3.05) is 13.7 Å². The van der Waals surface area contributed by atoms with Crippen LogP contribution >= 0.6 is 0 Å². The van der Waals surface area contributed by atoms with Gasteiger partial charge in [0.05, 0.1) is 7.11 Å². The maximum atomic E-state index is 12.1. The maximum absolute atomic E-state index is 12.1. The van der Waals surface area contributed by atoms with Gasteiger partial charge in [0.15, 0.2) is 5.70 Å². The minimum atomic E-state index is -0.474. The van der Waals surface area contributed by atoms with Crippen LogP contribution in [0.3, 0.4) is 0 Å². The number of rotatable bonds is 3. The summed E-state index contributed by atoms with van der Waals surface area (Å²) in [6, 6.07) is 15.0. The zero-order valence-corrected chi connectivity index (χ0v) is 13.6. The first-order valence-electron chi connectivity index (χ1n) is 7.82. The normalized spacial score (nSPS) is 17.3. The third-order valence-corrected chi connectivity index (χ3v) is 3.91. The Bertz CT molecular complexity index is 940. The predicted molar refractivity (Wildman–Crippen MR) is 93.6 cm³/mol. The fourth-order valence-corrected chi connectivity index (χ4v) is 2.68. The Morgan fingerprint density at radius 2 is 2.04 bits per heavy atom. The number of carbonyl (C=O) groups excluding carboxylic acids is 1. The van der Waals surface area contributed by atoms with Crippen LogP contribution in [0.25, 0.3) is 6.08 Å². The van der Waals surface area contributed by atoms with Crippen molar-refractivity contribution >= 4 is 17.9 Å². The third kappa shape index (κ3) is 3.04. The van der Waals surface area contributed by atoms with E-state index in [0.717, 1.165) is 16.9 Å². The van der Waals surface area contributed by atoms with E-state index in [0.29, 0.717) is 17.9 Å². The smallest absolute Gasteiger partial charge is 0.363 e. The summed E-state index contributed by atoms with van der Waals surface area (Å²) in [4.78, 5) is 16.4. The van der Waals surface area contributed by atoms with Crippen molar-refractivity contribution in [1.82, 2.24) is 0 Å². The summed E-state index contributed by atoms with van der Waals surface area (Å²) in [5.74, 6) is 1.30. The van der Waals surface area contributed by atoms with E-state index >= 15 is 0 Å². The fraction of sp³-hybridized carbons (Fsp3) is 0.100. The Balaban J connectivity index is 1.64. The van der Waals surface area contributed by atoms with Crippen LogP contribution in [0.5, 0.6) is 11.5 Å². The molecule has 0 spiro atoms. The molecule has 0 saturated carbocycles. The molecular formula is C20H15NO4. The minimum absolute atomic E-state index is 0.257. The summed E-state index contributed by atoms with van der Waals surface area (Å²) in [7, 11) is 1.58. The number of para-hydroxylation sites is 1.